The van der Waals surface area contributed by atoms with Crippen LogP contribution in [0.15, 0.2) is 30.3 Å². The number of primary amides is 2. The molecule has 2 heterocycles. The second-order valence-corrected chi connectivity index (χ2v) is 28.0. The standard InChI is InChI=1S/C69H114N14O19/c1-13-15-16-17-21-25-42-34-49(88)77-50(36(5)6)63(96)80-53(56(89)37(7)8)65(98)73-43(29-31-84)59(92)75-45(32-35(3)4)60(93)74-44(27-28-48(70)87)68(101)82(12)55(38(9)14-2)67(100)81-54(57(90)58(71)91)66(99)79-52(40(11)86)69(102)83-30-22-26-47(83)62(95)76-46(33-41-23-19-18-20-24-41)61(94)78-51(39(10)85)64(97)72-42/h18-20,23-24,35-40,42-47,50-57,84-86,89-90H,13-17,21-22,25-34H2,1-12H3,(H2,70,87)(H2,71,91)(H,72,97)(H,73,98)(H,74,93)(H,75,92)(H,76,95)(H,77,88)(H,78,94)(H,79,99)(H,80,96)(H,81,100). The predicted molar refractivity (Wildman–Crippen MR) is 372 cm³/mol. The number of aliphatic hydroxyl groups excluding tert-OH is 5. The molecule has 1 aromatic carbocycles. The van der Waals surface area contributed by atoms with E-state index in [4.69, 9.17) is 11.5 Å². The van der Waals surface area contributed by atoms with Gasteiger partial charge in [-0.2, -0.15) is 0 Å². The monoisotopic (exact) mass is 1440 g/mol. The van der Waals surface area contributed by atoms with Crippen molar-refractivity contribution in [2.75, 3.05) is 20.2 Å². The SMILES string of the molecule is CCCCCCCC1CC(=O)NC(C(C)C)C(=O)NC(C(O)C(C)C)C(=O)NC(CCO)C(=O)NC(CC(C)C)C(=O)NC(CCC(N)=O)C(=O)N(C)C(C(C)CC)C(=O)NC(C(O)C(N)=O)C(=O)NC(C(C)O)C(=O)N2CCCC2C(=O)NC(Cc2ccccc2)C(=O)NC(C(C)O)C(=O)N1. The van der Waals surface area contributed by atoms with Crippen LogP contribution in [0.5, 0.6) is 0 Å². The number of nitrogens with zero attached hydrogens (tertiary/aromatic N) is 2. The van der Waals surface area contributed by atoms with Gasteiger partial charge in [0.1, 0.15) is 66.5 Å². The van der Waals surface area contributed by atoms with Crippen molar-refractivity contribution in [3.8, 4) is 0 Å². The van der Waals surface area contributed by atoms with E-state index in [1.165, 1.54) is 27.7 Å². The minimum Gasteiger partial charge on any atom is -0.396 e. The fraction of sp³-hybridized carbons (Fsp3) is 0.710. The highest BCUT2D eigenvalue weighted by molar-refractivity contribution is 6.01. The summed E-state index contributed by atoms with van der Waals surface area (Å²) in [7, 11) is 1.14. The Morgan fingerprint density at radius 3 is 1.64 bits per heavy atom. The molecule has 0 saturated carbocycles. The average molecular weight is 1440 g/mol. The van der Waals surface area contributed by atoms with Crippen LogP contribution in [0, 0.1) is 23.7 Å². The lowest BCUT2D eigenvalue weighted by atomic mass is 9.95. The van der Waals surface area contributed by atoms with Gasteiger partial charge in [-0.25, -0.2) is 0 Å². The molecule has 574 valence electrons. The smallest absolute Gasteiger partial charge is 0.248 e. The third-order valence-corrected chi connectivity index (χ3v) is 18.3. The summed E-state index contributed by atoms with van der Waals surface area (Å²) < 4.78 is 0. The fourth-order valence-electron chi connectivity index (χ4n) is 12.1. The van der Waals surface area contributed by atoms with Crippen molar-refractivity contribution in [3.05, 3.63) is 35.9 Å². The Balaban J connectivity index is 2.34. The minimum absolute atomic E-state index is 0.0261. The van der Waals surface area contributed by atoms with E-state index in [-0.39, 0.29) is 51.0 Å². The van der Waals surface area contributed by atoms with Gasteiger partial charge in [0.15, 0.2) is 6.10 Å². The van der Waals surface area contributed by atoms with Crippen molar-refractivity contribution in [3.63, 3.8) is 0 Å². The number of hydrogen-bond donors (Lipinski definition) is 17. The third kappa shape index (κ3) is 27.1. The Kier molecular flexibility index (Phi) is 36.9. The minimum atomic E-state index is -2.55. The zero-order chi connectivity index (χ0) is 77.0. The molecular weight excluding hydrogens is 1330 g/mol. The van der Waals surface area contributed by atoms with Crippen LogP contribution in [-0.4, -0.2) is 235 Å². The van der Waals surface area contributed by atoms with E-state index in [2.05, 4.69) is 53.2 Å². The summed E-state index contributed by atoms with van der Waals surface area (Å²) in [6.45, 7) is 16.2. The third-order valence-electron chi connectivity index (χ3n) is 18.3. The van der Waals surface area contributed by atoms with Gasteiger partial charge in [0.25, 0.3) is 0 Å². The van der Waals surface area contributed by atoms with Crippen molar-refractivity contribution in [2.45, 2.75) is 269 Å². The zero-order valence-corrected chi connectivity index (χ0v) is 61.0. The topological polar surface area (TPSA) is 519 Å². The first-order valence-electron chi connectivity index (χ1n) is 35.5. The second kappa shape index (κ2) is 42.9. The lowest BCUT2D eigenvalue weighted by Crippen LogP contribution is -2.65. The summed E-state index contributed by atoms with van der Waals surface area (Å²) in [6.07, 6.45) is -5.70. The summed E-state index contributed by atoms with van der Waals surface area (Å²) in [5, 5.41) is 80.7. The summed E-state index contributed by atoms with van der Waals surface area (Å²) in [5.74, 6) is -17.7. The number of carbonyl (C=O) groups excluding carboxylic acids is 14. The molecule has 102 heavy (non-hydrogen) atoms. The van der Waals surface area contributed by atoms with Gasteiger partial charge in [-0.1, -0.05) is 131 Å². The van der Waals surface area contributed by atoms with E-state index >= 15 is 0 Å². The van der Waals surface area contributed by atoms with Gasteiger partial charge in [0.05, 0.1) is 18.3 Å². The van der Waals surface area contributed by atoms with Gasteiger partial charge < -0.3 is 100.0 Å². The highest BCUT2D eigenvalue weighted by Gasteiger charge is 2.46. The quantitative estimate of drug-likeness (QED) is 0.0450. The maximum absolute atomic E-state index is 14.8. The van der Waals surface area contributed by atoms with Crippen LogP contribution in [0.25, 0.3) is 0 Å². The molecule has 17 unspecified atom stereocenters. The molecule has 3 rings (SSSR count). The molecular formula is C69H114N14O19. The van der Waals surface area contributed by atoms with Gasteiger partial charge in [-0.05, 0) is 81.6 Å². The number of amides is 14. The highest BCUT2D eigenvalue weighted by Crippen LogP contribution is 2.23. The van der Waals surface area contributed by atoms with Crippen LogP contribution in [0.2, 0.25) is 0 Å². The zero-order valence-electron chi connectivity index (χ0n) is 61.0. The number of rotatable bonds is 24. The number of aliphatic hydroxyl groups is 5. The summed E-state index contributed by atoms with van der Waals surface area (Å²) >= 11 is 0. The van der Waals surface area contributed by atoms with E-state index in [0.29, 0.717) is 18.4 Å². The number of nitrogens with one attached hydrogen (secondary N) is 10. The van der Waals surface area contributed by atoms with Gasteiger partial charge >= 0.3 is 0 Å². The van der Waals surface area contributed by atoms with E-state index in [0.717, 1.165) is 43.0 Å². The molecule has 2 aliphatic rings. The van der Waals surface area contributed by atoms with Crippen LogP contribution in [0.3, 0.4) is 0 Å². The highest BCUT2D eigenvalue weighted by atomic mass is 16.3. The summed E-state index contributed by atoms with van der Waals surface area (Å²) in [5.41, 5.74) is 11.6. The van der Waals surface area contributed by atoms with Crippen LogP contribution in [-0.2, 0) is 73.5 Å². The molecule has 0 radical (unpaired) electrons. The Hall–Kier alpha value is -8.40. The van der Waals surface area contributed by atoms with Crippen LogP contribution in [0.4, 0.5) is 0 Å². The number of likely N-dealkylation sites (N-methyl/N-ethyl adjacent to an activating group) is 1. The molecule has 14 amide bonds. The number of hydrogen-bond acceptors (Lipinski definition) is 19. The van der Waals surface area contributed by atoms with Gasteiger partial charge in [0, 0.05) is 45.5 Å². The molecule has 0 bridgehead atoms. The molecule has 0 aromatic heterocycles. The molecule has 19 N–H and O–H groups in total. The number of benzene rings is 1. The molecule has 1 aromatic rings. The van der Waals surface area contributed by atoms with Crippen LogP contribution < -0.4 is 64.6 Å². The predicted octanol–water partition coefficient (Wildman–Crippen LogP) is -3.32. The molecule has 2 saturated heterocycles. The fourth-order valence-corrected chi connectivity index (χ4v) is 12.1. The molecule has 33 nitrogen and oxygen atoms in total. The lowest BCUT2D eigenvalue weighted by Gasteiger charge is -2.36. The van der Waals surface area contributed by atoms with Gasteiger partial charge in [-0.15, -0.1) is 0 Å². The first-order valence-corrected chi connectivity index (χ1v) is 35.5. The molecule has 2 aliphatic heterocycles. The van der Waals surface area contributed by atoms with E-state index in [9.17, 15) is 92.7 Å². The maximum Gasteiger partial charge on any atom is 0.248 e. The Labute approximate surface area is 596 Å². The van der Waals surface area contributed by atoms with E-state index in [1.807, 2.05) is 6.92 Å². The Morgan fingerprint density at radius 2 is 1.08 bits per heavy atom. The van der Waals surface area contributed by atoms with Gasteiger partial charge in [0.2, 0.25) is 82.7 Å². The first kappa shape index (κ1) is 87.8. The molecule has 0 aliphatic carbocycles. The Bertz CT molecular complexity index is 3010. The molecule has 17 atom stereocenters. The maximum atomic E-state index is 14.8. The molecule has 2 fully saturated rings. The van der Waals surface area contributed by atoms with Crippen molar-refractivity contribution >= 4 is 82.7 Å². The van der Waals surface area contributed by atoms with Crippen molar-refractivity contribution < 1.29 is 92.7 Å². The van der Waals surface area contributed by atoms with Crippen molar-refractivity contribution in [1.29, 1.82) is 0 Å². The summed E-state index contributed by atoms with van der Waals surface area (Å²) in [4.78, 5) is 201. The average Bonchev–Trinajstić information content (AvgIpc) is 1.36. The van der Waals surface area contributed by atoms with E-state index in [1.54, 1.807) is 65.0 Å². The number of unbranched alkanes of at least 4 members (excludes halogenated alkanes) is 4. The first-order chi connectivity index (χ1) is 47.9. The number of nitrogens with two attached hydrogens (primary N) is 2. The normalized spacial score (nSPS) is 26.9. The largest absolute Gasteiger partial charge is 0.396 e. The molecule has 0 spiro atoms. The van der Waals surface area contributed by atoms with E-state index < -0.39 is 230 Å². The lowest BCUT2D eigenvalue weighted by molar-refractivity contribution is -0.148. The number of fused-ring (bicyclic) bond motifs is 1. The molecule has 33 heteroatoms. The van der Waals surface area contributed by atoms with Crippen LogP contribution in [0.1, 0.15) is 172 Å². The summed E-state index contributed by atoms with van der Waals surface area (Å²) in [6, 6.07) is -11.5. The van der Waals surface area contributed by atoms with Gasteiger partial charge in [-0.3, -0.25) is 67.1 Å². The Morgan fingerprint density at radius 1 is 0.549 bits per heavy atom. The van der Waals surface area contributed by atoms with Crippen molar-refractivity contribution in [2.24, 2.45) is 35.1 Å². The van der Waals surface area contributed by atoms with Crippen LogP contribution >= 0.6 is 0 Å². The second-order valence-electron chi connectivity index (χ2n) is 28.0. The number of carbonyl (C=O) groups is 14. The van der Waals surface area contributed by atoms with Crippen molar-refractivity contribution in [1.82, 2.24) is 63.0 Å².